The Bertz CT molecular complexity index is 1280. The van der Waals surface area contributed by atoms with E-state index in [1.807, 2.05) is 37.3 Å². The van der Waals surface area contributed by atoms with Crippen LogP contribution in [0.1, 0.15) is 43.6 Å². The summed E-state index contributed by atoms with van der Waals surface area (Å²) in [5.74, 6) is -1.11. The molecule has 5 atom stereocenters. The molecule has 0 aliphatic carbocycles. The van der Waals surface area contributed by atoms with Crippen molar-refractivity contribution in [3.8, 4) is 0 Å². The molecule has 5 rings (SSSR count). The molecule has 2 aliphatic heterocycles. The molecule has 5 unspecified atom stereocenters. The number of ether oxygens (including phenoxy) is 3. The monoisotopic (exact) mass is 547 g/mol. The third-order valence-corrected chi connectivity index (χ3v) is 7.79. The van der Waals surface area contributed by atoms with Gasteiger partial charge in [0.2, 0.25) is 0 Å². The fraction of sp³-hybridized carbons (Fsp3) is 0.300. The Morgan fingerprint density at radius 1 is 0.923 bits per heavy atom. The number of carbonyl (C=O) groups is 3. The normalized spacial score (nSPS) is 24.5. The standard InChI is InChI=1S/C30H29NO7S/c1-2-39-30-24(31-27(33)21-15-9-10-16-22(21)28(31)34)26(38-29(35)20-13-7-4-8-14-20)25(32)23(37-30)18-36-17-19-11-5-3-6-12-19/h3-16,23-26,30,32H,2,17-18H2,1H3. The smallest absolute Gasteiger partial charge is 0.338 e. The lowest BCUT2D eigenvalue weighted by atomic mass is 9.96. The zero-order valence-electron chi connectivity index (χ0n) is 21.3. The van der Waals surface area contributed by atoms with Crippen LogP contribution in [-0.4, -0.2) is 69.9 Å². The molecule has 0 saturated carbocycles. The number of hydrogen-bond acceptors (Lipinski definition) is 8. The van der Waals surface area contributed by atoms with Crippen molar-refractivity contribution in [1.82, 2.24) is 4.90 Å². The Morgan fingerprint density at radius 2 is 1.51 bits per heavy atom. The highest BCUT2D eigenvalue weighted by Gasteiger charge is 2.55. The van der Waals surface area contributed by atoms with E-state index in [1.165, 1.54) is 11.8 Å². The Morgan fingerprint density at radius 3 is 2.13 bits per heavy atom. The van der Waals surface area contributed by atoms with Gasteiger partial charge in [-0.05, 0) is 35.6 Å². The lowest BCUT2D eigenvalue weighted by molar-refractivity contribution is -0.188. The molecule has 1 N–H and O–H groups in total. The van der Waals surface area contributed by atoms with E-state index in [2.05, 4.69) is 0 Å². The van der Waals surface area contributed by atoms with E-state index in [1.54, 1.807) is 54.6 Å². The molecule has 2 amide bonds. The first-order chi connectivity index (χ1) is 19.0. The van der Waals surface area contributed by atoms with Gasteiger partial charge in [-0.15, -0.1) is 11.8 Å². The summed E-state index contributed by atoms with van der Waals surface area (Å²) >= 11 is 1.37. The number of benzene rings is 3. The SMILES string of the molecule is CCSC1OC(COCc2ccccc2)C(O)C(OC(=O)c2ccccc2)C1N1C(=O)c2ccccc2C1=O. The number of thioether (sulfide) groups is 1. The maximum absolute atomic E-state index is 13.5. The summed E-state index contributed by atoms with van der Waals surface area (Å²) in [4.78, 5) is 41.2. The lowest BCUT2D eigenvalue weighted by Gasteiger charge is -2.46. The molecule has 2 heterocycles. The van der Waals surface area contributed by atoms with E-state index in [4.69, 9.17) is 14.2 Å². The number of esters is 1. The van der Waals surface area contributed by atoms with Gasteiger partial charge in [0.1, 0.15) is 23.7 Å². The van der Waals surface area contributed by atoms with Gasteiger partial charge in [0.05, 0.1) is 29.9 Å². The van der Waals surface area contributed by atoms with Crippen LogP contribution in [0.3, 0.4) is 0 Å². The largest absolute Gasteiger partial charge is 0.454 e. The van der Waals surface area contributed by atoms with E-state index in [0.717, 1.165) is 10.5 Å². The summed E-state index contributed by atoms with van der Waals surface area (Å²) in [5.41, 5.74) is 1.00. The molecule has 0 spiro atoms. The first-order valence-electron chi connectivity index (χ1n) is 12.8. The van der Waals surface area contributed by atoms with Crippen molar-refractivity contribution in [2.75, 3.05) is 12.4 Å². The highest BCUT2D eigenvalue weighted by atomic mass is 32.2. The maximum Gasteiger partial charge on any atom is 0.338 e. The number of aliphatic hydroxyl groups is 1. The molecule has 1 saturated heterocycles. The van der Waals surface area contributed by atoms with Gasteiger partial charge in [-0.1, -0.05) is 67.6 Å². The number of aliphatic hydroxyl groups excluding tert-OH is 1. The van der Waals surface area contributed by atoms with Gasteiger partial charge in [0, 0.05) is 0 Å². The Hall–Kier alpha value is -3.50. The van der Waals surface area contributed by atoms with Crippen LogP contribution in [0.15, 0.2) is 84.9 Å². The van der Waals surface area contributed by atoms with Crippen molar-refractivity contribution < 1.29 is 33.7 Å². The van der Waals surface area contributed by atoms with E-state index >= 15 is 0 Å². The molecule has 0 aromatic heterocycles. The Balaban J connectivity index is 1.45. The summed E-state index contributed by atoms with van der Waals surface area (Å²) in [6.45, 7) is 2.24. The number of carbonyl (C=O) groups excluding carboxylic acids is 3. The molecule has 3 aromatic rings. The summed E-state index contributed by atoms with van der Waals surface area (Å²) in [7, 11) is 0. The highest BCUT2D eigenvalue weighted by molar-refractivity contribution is 7.99. The number of amides is 2. The van der Waals surface area contributed by atoms with Crippen molar-refractivity contribution in [2.24, 2.45) is 0 Å². The minimum atomic E-state index is -1.36. The summed E-state index contributed by atoms with van der Waals surface area (Å²) in [6.07, 6.45) is -3.47. The predicted molar refractivity (Wildman–Crippen MR) is 145 cm³/mol. The summed E-state index contributed by atoms with van der Waals surface area (Å²) < 4.78 is 18.0. The second-order valence-corrected chi connectivity index (χ2v) is 10.6. The van der Waals surface area contributed by atoms with E-state index in [9.17, 15) is 19.5 Å². The quantitative estimate of drug-likeness (QED) is 0.318. The van der Waals surface area contributed by atoms with E-state index in [0.29, 0.717) is 12.4 Å². The van der Waals surface area contributed by atoms with Crippen LogP contribution in [0.5, 0.6) is 0 Å². The first-order valence-corrected chi connectivity index (χ1v) is 13.8. The second kappa shape index (κ2) is 12.1. The van der Waals surface area contributed by atoms with Gasteiger partial charge in [0.15, 0.2) is 6.10 Å². The summed E-state index contributed by atoms with van der Waals surface area (Å²) in [5, 5.41) is 11.5. The van der Waals surface area contributed by atoms with Crippen LogP contribution < -0.4 is 0 Å². The topological polar surface area (TPSA) is 102 Å². The van der Waals surface area contributed by atoms with Crippen LogP contribution in [0.25, 0.3) is 0 Å². The number of imide groups is 1. The molecule has 8 nitrogen and oxygen atoms in total. The number of rotatable bonds is 9. The molecular formula is C30H29NO7S. The summed E-state index contributed by atoms with van der Waals surface area (Å²) in [6, 6.07) is 23.4. The second-order valence-electron chi connectivity index (χ2n) is 9.24. The molecule has 0 radical (unpaired) electrons. The van der Waals surface area contributed by atoms with Crippen LogP contribution in [0.2, 0.25) is 0 Å². The molecule has 3 aromatic carbocycles. The highest BCUT2D eigenvalue weighted by Crippen LogP contribution is 2.37. The molecule has 1 fully saturated rings. The Labute approximate surface area is 230 Å². The minimum absolute atomic E-state index is 0.0189. The van der Waals surface area contributed by atoms with Crippen LogP contribution in [0.4, 0.5) is 0 Å². The van der Waals surface area contributed by atoms with Gasteiger partial charge in [-0.25, -0.2) is 4.79 Å². The van der Waals surface area contributed by atoms with Crippen LogP contribution in [0, 0.1) is 0 Å². The van der Waals surface area contributed by atoms with E-state index in [-0.39, 0.29) is 23.3 Å². The molecular weight excluding hydrogens is 518 g/mol. The third kappa shape index (κ3) is 5.62. The molecule has 202 valence electrons. The predicted octanol–water partition coefficient (Wildman–Crippen LogP) is 3.93. The first kappa shape index (κ1) is 27.1. The van der Waals surface area contributed by atoms with Crippen molar-refractivity contribution in [1.29, 1.82) is 0 Å². The van der Waals surface area contributed by atoms with Crippen molar-refractivity contribution in [3.63, 3.8) is 0 Å². The zero-order chi connectivity index (χ0) is 27.4. The average molecular weight is 548 g/mol. The number of fused-ring (bicyclic) bond motifs is 1. The molecule has 39 heavy (non-hydrogen) atoms. The van der Waals surface area contributed by atoms with Crippen molar-refractivity contribution in [3.05, 3.63) is 107 Å². The minimum Gasteiger partial charge on any atom is -0.454 e. The van der Waals surface area contributed by atoms with Crippen LogP contribution in [-0.2, 0) is 20.8 Å². The molecule has 2 aliphatic rings. The average Bonchev–Trinajstić information content (AvgIpc) is 3.22. The van der Waals surface area contributed by atoms with Gasteiger partial charge < -0.3 is 19.3 Å². The third-order valence-electron chi connectivity index (χ3n) is 6.74. The zero-order valence-corrected chi connectivity index (χ0v) is 22.2. The molecule has 9 heteroatoms. The number of nitrogens with zero attached hydrogens (tertiary/aromatic N) is 1. The van der Waals surface area contributed by atoms with Gasteiger partial charge >= 0.3 is 5.97 Å². The fourth-order valence-electron chi connectivity index (χ4n) is 4.86. The van der Waals surface area contributed by atoms with E-state index < -0.39 is 47.6 Å². The fourth-order valence-corrected chi connectivity index (χ4v) is 5.89. The van der Waals surface area contributed by atoms with Crippen LogP contribution >= 0.6 is 11.8 Å². The maximum atomic E-state index is 13.5. The Kier molecular flexibility index (Phi) is 8.42. The van der Waals surface area contributed by atoms with Crippen molar-refractivity contribution in [2.45, 2.75) is 43.3 Å². The van der Waals surface area contributed by atoms with Gasteiger partial charge in [0.25, 0.3) is 11.8 Å². The number of hydrogen-bond donors (Lipinski definition) is 1. The lowest BCUT2D eigenvalue weighted by Crippen LogP contribution is -2.65. The van der Waals surface area contributed by atoms with Gasteiger partial charge in [-0.2, -0.15) is 0 Å². The van der Waals surface area contributed by atoms with Crippen molar-refractivity contribution >= 4 is 29.5 Å². The molecule has 0 bridgehead atoms. The van der Waals surface area contributed by atoms with Gasteiger partial charge in [-0.3, -0.25) is 14.5 Å².